The molecule has 0 fully saturated rings. The first-order valence-corrected chi connectivity index (χ1v) is 16.8. The van der Waals surface area contributed by atoms with Crippen LogP contribution in [0.3, 0.4) is 0 Å². The van der Waals surface area contributed by atoms with Crippen molar-refractivity contribution in [2.24, 2.45) is 0 Å². The fourth-order valence-electron chi connectivity index (χ4n) is 3.42. The number of methoxy groups -OCH3 is 1. The van der Waals surface area contributed by atoms with Gasteiger partial charge in [0.15, 0.2) is 6.79 Å². The van der Waals surface area contributed by atoms with Crippen LogP contribution in [0.25, 0.3) is 0 Å². The van der Waals surface area contributed by atoms with Crippen molar-refractivity contribution in [3.8, 4) is 11.5 Å². The number of rotatable bonds is 19. The zero-order chi connectivity index (χ0) is 27.1. The highest BCUT2D eigenvalue weighted by molar-refractivity contribution is 8.55. The fourth-order valence-corrected chi connectivity index (χ4v) is 7.46. The van der Waals surface area contributed by atoms with Crippen molar-refractivity contribution in [3.63, 3.8) is 0 Å². The number of hydrogen-bond donors (Lipinski definition) is 0. The van der Waals surface area contributed by atoms with Crippen LogP contribution in [0.15, 0.2) is 48.5 Å². The van der Waals surface area contributed by atoms with Crippen molar-refractivity contribution < 1.29 is 32.0 Å². The minimum absolute atomic E-state index is 0.200. The molecule has 0 amide bonds. The summed E-state index contributed by atoms with van der Waals surface area (Å²) >= 11 is 1.04. The van der Waals surface area contributed by atoms with Gasteiger partial charge in [0.05, 0.1) is 7.11 Å². The Morgan fingerprint density at radius 1 is 1.08 bits per heavy atom. The molecule has 37 heavy (non-hydrogen) atoms. The van der Waals surface area contributed by atoms with Gasteiger partial charge in [-0.2, -0.15) is 0 Å². The molecule has 2 rings (SSSR count). The monoisotopic (exact) mass is 573 g/mol. The first-order valence-electron chi connectivity index (χ1n) is 12.2. The standard InChI is InChI=1S/C26H40NO7PS2/c1-6-37(29)17-16-36-35(28,31-5)34-21-33-25(19-27(2)3)20-32-26-13-8-7-11-23(26)15-14-22-10-9-12-24(18-22)30-4/h7-13,18,25H,6,14-17,19-21H2,1-5H3/t25-,35?,37?/m1/s1. The average molecular weight is 574 g/mol. The lowest BCUT2D eigenvalue weighted by Gasteiger charge is -2.23. The van der Waals surface area contributed by atoms with Gasteiger partial charge in [0.1, 0.15) is 24.2 Å². The number of nitrogens with zero attached hydrogens (tertiary/aromatic N) is 1. The van der Waals surface area contributed by atoms with Gasteiger partial charge in [-0.05, 0) is 67.6 Å². The van der Waals surface area contributed by atoms with Crippen molar-refractivity contribution in [1.82, 2.24) is 4.90 Å². The van der Waals surface area contributed by atoms with Crippen LogP contribution in [0.4, 0.5) is 0 Å². The van der Waals surface area contributed by atoms with Gasteiger partial charge < -0.3 is 23.6 Å². The van der Waals surface area contributed by atoms with Crippen molar-refractivity contribution in [3.05, 3.63) is 59.7 Å². The van der Waals surface area contributed by atoms with E-state index in [-0.39, 0.29) is 12.9 Å². The summed E-state index contributed by atoms with van der Waals surface area (Å²) in [7, 11) is 5.97. The van der Waals surface area contributed by atoms with Gasteiger partial charge in [0.2, 0.25) is 0 Å². The third kappa shape index (κ3) is 12.3. The van der Waals surface area contributed by atoms with E-state index >= 15 is 0 Å². The molecule has 2 unspecified atom stereocenters. The zero-order valence-electron chi connectivity index (χ0n) is 22.4. The molecule has 0 heterocycles. The van der Waals surface area contributed by atoms with Gasteiger partial charge in [-0.25, -0.2) is 4.57 Å². The first-order chi connectivity index (χ1) is 17.8. The lowest BCUT2D eigenvalue weighted by molar-refractivity contribution is -0.0624. The van der Waals surface area contributed by atoms with Crippen LogP contribution in [0, 0.1) is 0 Å². The summed E-state index contributed by atoms with van der Waals surface area (Å²) in [5.41, 5.74) is 2.30. The van der Waals surface area contributed by atoms with E-state index in [1.54, 1.807) is 7.11 Å². The fraction of sp³-hybridized carbons (Fsp3) is 0.538. The Kier molecular flexibility index (Phi) is 14.8. The molecule has 0 radical (unpaired) electrons. The molecule has 0 aromatic heterocycles. The Balaban J connectivity index is 1.92. The van der Waals surface area contributed by atoms with E-state index in [9.17, 15) is 8.77 Å². The van der Waals surface area contributed by atoms with Crippen LogP contribution in [0.5, 0.6) is 11.5 Å². The van der Waals surface area contributed by atoms with Crippen LogP contribution in [0.1, 0.15) is 18.1 Å². The average Bonchev–Trinajstić information content (AvgIpc) is 2.90. The van der Waals surface area contributed by atoms with Crippen molar-refractivity contribution in [2.45, 2.75) is 25.9 Å². The molecule has 8 nitrogen and oxygen atoms in total. The normalized spacial score (nSPS) is 14.8. The Hall–Kier alpha value is -1.39. The highest BCUT2D eigenvalue weighted by Gasteiger charge is 2.25. The highest BCUT2D eigenvalue weighted by atomic mass is 32.7. The quantitative estimate of drug-likeness (QED) is 0.170. The first kappa shape index (κ1) is 31.8. The molecule has 0 spiro atoms. The number of ether oxygens (including phenoxy) is 3. The molecule has 0 saturated carbocycles. The summed E-state index contributed by atoms with van der Waals surface area (Å²) in [5, 5.41) is 0. The predicted molar refractivity (Wildman–Crippen MR) is 152 cm³/mol. The van der Waals surface area contributed by atoms with Crippen LogP contribution in [-0.2, 0) is 42.0 Å². The number of para-hydroxylation sites is 1. The molecule has 0 bridgehead atoms. The number of benzene rings is 2. The number of aryl methyl sites for hydroxylation is 2. The predicted octanol–water partition coefficient (Wildman–Crippen LogP) is 5.04. The van der Waals surface area contributed by atoms with Crippen LogP contribution < -0.4 is 9.47 Å². The Morgan fingerprint density at radius 2 is 1.86 bits per heavy atom. The number of hydrogen-bond acceptors (Lipinski definition) is 9. The van der Waals surface area contributed by atoms with Gasteiger partial charge in [0, 0.05) is 41.7 Å². The van der Waals surface area contributed by atoms with Crippen LogP contribution >= 0.6 is 18.2 Å². The molecule has 2 aromatic rings. The minimum atomic E-state index is -3.39. The van der Waals surface area contributed by atoms with E-state index in [1.165, 1.54) is 12.7 Å². The van der Waals surface area contributed by atoms with E-state index in [4.69, 9.17) is 23.3 Å². The second-order valence-corrected chi connectivity index (χ2v) is 14.6. The summed E-state index contributed by atoms with van der Waals surface area (Å²) in [6, 6.07) is 16.1. The summed E-state index contributed by atoms with van der Waals surface area (Å²) in [5.74, 6) is 3.08. The third-order valence-electron chi connectivity index (χ3n) is 5.40. The maximum atomic E-state index is 12.8. The lowest BCUT2D eigenvalue weighted by Crippen LogP contribution is -2.34. The van der Waals surface area contributed by atoms with Crippen molar-refractivity contribution in [2.75, 3.05) is 65.5 Å². The Morgan fingerprint density at radius 3 is 2.57 bits per heavy atom. The van der Waals surface area contributed by atoms with Crippen molar-refractivity contribution in [1.29, 1.82) is 0 Å². The largest absolute Gasteiger partial charge is 0.497 e. The molecule has 0 aliphatic carbocycles. The van der Waals surface area contributed by atoms with Crippen LogP contribution in [0.2, 0.25) is 0 Å². The van der Waals surface area contributed by atoms with Crippen molar-refractivity contribution >= 4 is 29.0 Å². The maximum absolute atomic E-state index is 12.8. The Bertz CT molecular complexity index is 1010. The van der Waals surface area contributed by atoms with Crippen LogP contribution in [-0.4, -0.2) is 80.7 Å². The van der Waals surface area contributed by atoms with E-state index in [0.717, 1.165) is 41.3 Å². The topological polar surface area (TPSA) is 83.5 Å². The second kappa shape index (κ2) is 17.2. The van der Waals surface area contributed by atoms with E-state index in [2.05, 4.69) is 12.1 Å². The number of likely N-dealkylation sites (N-methyl/N-ethyl adjacent to an activating group) is 1. The van der Waals surface area contributed by atoms with Gasteiger partial charge in [-0.1, -0.05) is 37.3 Å². The molecule has 2 aromatic carbocycles. The smallest absolute Gasteiger partial charge is 0.390 e. The molecular weight excluding hydrogens is 533 g/mol. The van der Waals surface area contributed by atoms with E-state index in [1.807, 2.05) is 62.3 Å². The highest BCUT2D eigenvalue weighted by Crippen LogP contribution is 2.59. The van der Waals surface area contributed by atoms with E-state index in [0.29, 0.717) is 30.4 Å². The minimum Gasteiger partial charge on any atom is -0.497 e. The molecular formula is C26H40NO7PS2. The Labute approximate surface area is 228 Å². The van der Waals surface area contributed by atoms with Gasteiger partial charge in [0.25, 0.3) is 0 Å². The van der Waals surface area contributed by atoms with Gasteiger partial charge in [-0.3, -0.25) is 8.73 Å². The molecule has 11 heteroatoms. The summed E-state index contributed by atoms with van der Waals surface area (Å²) in [6.45, 7) is -0.843. The molecule has 0 aliphatic heterocycles. The molecule has 208 valence electrons. The summed E-state index contributed by atoms with van der Waals surface area (Å²) in [4.78, 5) is 1.99. The summed E-state index contributed by atoms with van der Waals surface area (Å²) in [6.07, 6.45) is 1.37. The van der Waals surface area contributed by atoms with E-state index < -0.39 is 17.6 Å². The molecule has 0 aliphatic rings. The molecule has 3 atom stereocenters. The zero-order valence-corrected chi connectivity index (χ0v) is 24.9. The lowest BCUT2D eigenvalue weighted by atomic mass is 10.0. The second-order valence-electron chi connectivity index (χ2n) is 8.46. The van der Waals surface area contributed by atoms with Gasteiger partial charge in [-0.15, -0.1) is 0 Å². The SMILES string of the molecule is CCS(=O)CCSP(=O)(OC)OCO[C@@H](COc1ccccc1CCc1cccc(OC)c1)CN(C)C. The summed E-state index contributed by atoms with van der Waals surface area (Å²) < 4.78 is 52.4. The third-order valence-corrected chi connectivity index (χ3v) is 10.8. The van der Waals surface area contributed by atoms with Gasteiger partial charge >= 0.3 is 6.80 Å². The molecule has 0 N–H and O–H groups in total. The maximum Gasteiger partial charge on any atom is 0.390 e. The molecule has 0 saturated heterocycles.